The summed E-state index contributed by atoms with van der Waals surface area (Å²) in [5.74, 6) is -0.501. The summed E-state index contributed by atoms with van der Waals surface area (Å²) in [6, 6.07) is 5.09. The molecule has 2 amide bonds. The number of hydrogen-bond donors (Lipinski definition) is 2. The van der Waals surface area contributed by atoms with Crippen molar-refractivity contribution in [2.75, 3.05) is 18.8 Å². The lowest BCUT2D eigenvalue weighted by Gasteiger charge is -2.21. The van der Waals surface area contributed by atoms with Crippen molar-refractivity contribution in [3.63, 3.8) is 0 Å². The number of benzene rings is 1. The standard InChI is InChI=1S/C13H16BrN3O2/c1-13(12(16)19)4-5-17(7-13)11(18)9-6-8(15)2-3-10(9)14/h2-3,6H,4-5,7,15H2,1H3,(H2,16,19). The largest absolute Gasteiger partial charge is 0.399 e. The van der Waals surface area contributed by atoms with Gasteiger partial charge < -0.3 is 16.4 Å². The Morgan fingerprint density at radius 3 is 2.68 bits per heavy atom. The third-order valence-electron chi connectivity index (χ3n) is 3.58. The number of likely N-dealkylation sites (tertiary alicyclic amines) is 1. The van der Waals surface area contributed by atoms with E-state index in [1.165, 1.54) is 0 Å². The fraction of sp³-hybridized carbons (Fsp3) is 0.385. The van der Waals surface area contributed by atoms with Gasteiger partial charge in [0.05, 0.1) is 11.0 Å². The van der Waals surface area contributed by atoms with Gasteiger partial charge in [0, 0.05) is 23.2 Å². The van der Waals surface area contributed by atoms with Gasteiger partial charge in [0.15, 0.2) is 0 Å². The topological polar surface area (TPSA) is 89.4 Å². The number of halogens is 1. The maximum atomic E-state index is 12.4. The minimum atomic E-state index is -0.636. The van der Waals surface area contributed by atoms with E-state index in [-0.39, 0.29) is 11.8 Å². The Morgan fingerprint density at radius 1 is 1.42 bits per heavy atom. The average molecular weight is 326 g/mol. The molecule has 1 aliphatic rings. The molecule has 1 aliphatic heterocycles. The summed E-state index contributed by atoms with van der Waals surface area (Å²) >= 11 is 3.34. The number of carbonyl (C=O) groups is 2. The number of primary amides is 1. The van der Waals surface area contributed by atoms with Crippen molar-refractivity contribution in [1.82, 2.24) is 4.90 Å². The number of nitrogen functional groups attached to an aromatic ring is 1. The van der Waals surface area contributed by atoms with Gasteiger partial charge >= 0.3 is 0 Å². The van der Waals surface area contributed by atoms with E-state index in [4.69, 9.17) is 11.5 Å². The molecular formula is C13H16BrN3O2. The third kappa shape index (κ3) is 2.58. The monoisotopic (exact) mass is 325 g/mol. The van der Waals surface area contributed by atoms with Crippen molar-refractivity contribution in [2.24, 2.45) is 11.1 Å². The SMILES string of the molecule is CC1(C(N)=O)CCN(C(=O)c2cc(N)ccc2Br)C1. The first kappa shape index (κ1) is 13.9. The van der Waals surface area contributed by atoms with Crippen molar-refractivity contribution < 1.29 is 9.59 Å². The van der Waals surface area contributed by atoms with Gasteiger partial charge in [-0.1, -0.05) is 0 Å². The number of nitrogens with zero attached hydrogens (tertiary/aromatic N) is 1. The predicted octanol–water partition coefficient (Wildman–Crippen LogP) is 1.37. The van der Waals surface area contributed by atoms with Crippen LogP contribution in [-0.4, -0.2) is 29.8 Å². The fourth-order valence-electron chi connectivity index (χ4n) is 2.21. The Bertz CT molecular complexity index is 547. The number of carbonyl (C=O) groups excluding carboxylic acids is 2. The van der Waals surface area contributed by atoms with Gasteiger partial charge in [-0.25, -0.2) is 0 Å². The highest BCUT2D eigenvalue weighted by atomic mass is 79.9. The van der Waals surface area contributed by atoms with Crippen molar-refractivity contribution >= 4 is 33.4 Å². The molecule has 0 aliphatic carbocycles. The maximum absolute atomic E-state index is 12.4. The lowest BCUT2D eigenvalue weighted by molar-refractivity contribution is -0.126. The van der Waals surface area contributed by atoms with Gasteiger partial charge in [-0.15, -0.1) is 0 Å². The molecule has 0 saturated carbocycles. The molecule has 1 aromatic carbocycles. The molecule has 1 fully saturated rings. The van der Waals surface area contributed by atoms with Crippen LogP contribution in [-0.2, 0) is 4.79 Å². The van der Waals surface area contributed by atoms with Crippen LogP contribution in [0.3, 0.4) is 0 Å². The van der Waals surface area contributed by atoms with Gasteiger partial charge in [0.25, 0.3) is 5.91 Å². The van der Waals surface area contributed by atoms with E-state index >= 15 is 0 Å². The van der Waals surface area contributed by atoms with Crippen LogP contribution in [0.5, 0.6) is 0 Å². The number of amides is 2. The second-order valence-electron chi connectivity index (χ2n) is 5.14. The first-order valence-electron chi connectivity index (χ1n) is 5.98. The highest BCUT2D eigenvalue weighted by molar-refractivity contribution is 9.10. The van der Waals surface area contributed by atoms with Crippen LogP contribution in [0.15, 0.2) is 22.7 Å². The minimum absolute atomic E-state index is 0.135. The fourth-order valence-corrected chi connectivity index (χ4v) is 2.63. The summed E-state index contributed by atoms with van der Waals surface area (Å²) in [6.45, 7) is 2.67. The second kappa shape index (κ2) is 4.85. The smallest absolute Gasteiger partial charge is 0.255 e. The first-order chi connectivity index (χ1) is 8.83. The molecule has 2 rings (SSSR count). The summed E-state index contributed by atoms with van der Waals surface area (Å²) in [6.07, 6.45) is 0.591. The van der Waals surface area contributed by atoms with Crippen LogP contribution in [0, 0.1) is 5.41 Å². The van der Waals surface area contributed by atoms with Gasteiger partial charge in [-0.05, 0) is 47.5 Å². The normalized spacial score (nSPS) is 22.5. The molecule has 0 spiro atoms. The van der Waals surface area contributed by atoms with E-state index in [1.807, 2.05) is 0 Å². The molecule has 1 saturated heterocycles. The molecule has 19 heavy (non-hydrogen) atoms. The molecule has 6 heteroatoms. The Morgan fingerprint density at radius 2 is 2.11 bits per heavy atom. The molecule has 102 valence electrons. The lowest BCUT2D eigenvalue weighted by Crippen LogP contribution is -2.38. The van der Waals surface area contributed by atoms with Crippen molar-refractivity contribution in [1.29, 1.82) is 0 Å². The van der Waals surface area contributed by atoms with E-state index in [9.17, 15) is 9.59 Å². The van der Waals surface area contributed by atoms with Gasteiger partial charge in [-0.2, -0.15) is 0 Å². The van der Waals surface area contributed by atoms with Crippen LogP contribution in [0.2, 0.25) is 0 Å². The average Bonchev–Trinajstić information content (AvgIpc) is 2.76. The molecule has 4 N–H and O–H groups in total. The Hall–Kier alpha value is -1.56. The van der Waals surface area contributed by atoms with Gasteiger partial charge in [0.2, 0.25) is 5.91 Å². The van der Waals surface area contributed by atoms with Crippen molar-refractivity contribution in [2.45, 2.75) is 13.3 Å². The van der Waals surface area contributed by atoms with Crippen LogP contribution in [0.4, 0.5) is 5.69 Å². The van der Waals surface area contributed by atoms with Crippen LogP contribution in [0.1, 0.15) is 23.7 Å². The summed E-state index contributed by atoms with van der Waals surface area (Å²) in [5.41, 5.74) is 11.5. The van der Waals surface area contributed by atoms with E-state index < -0.39 is 5.41 Å². The summed E-state index contributed by atoms with van der Waals surface area (Å²) in [5, 5.41) is 0. The quantitative estimate of drug-likeness (QED) is 0.805. The molecular weight excluding hydrogens is 310 g/mol. The Balaban J connectivity index is 2.22. The van der Waals surface area contributed by atoms with E-state index in [0.29, 0.717) is 35.2 Å². The zero-order valence-corrected chi connectivity index (χ0v) is 12.2. The highest BCUT2D eigenvalue weighted by Crippen LogP contribution is 2.31. The first-order valence-corrected chi connectivity index (χ1v) is 6.77. The zero-order valence-electron chi connectivity index (χ0n) is 10.6. The molecule has 1 aromatic rings. The molecule has 0 bridgehead atoms. The summed E-state index contributed by atoms with van der Waals surface area (Å²) < 4.78 is 0.694. The molecule has 0 aromatic heterocycles. The number of nitrogens with two attached hydrogens (primary N) is 2. The van der Waals surface area contributed by atoms with E-state index in [2.05, 4.69) is 15.9 Å². The Kier molecular flexibility index (Phi) is 3.54. The molecule has 1 atom stereocenters. The van der Waals surface area contributed by atoms with Crippen LogP contribution >= 0.6 is 15.9 Å². The second-order valence-corrected chi connectivity index (χ2v) is 6.00. The van der Waals surface area contributed by atoms with Crippen molar-refractivity contribution in [3.8, 4) is 0 Å². The lowest BCUT2D eigenvalue weighted by atomic mass is 9.89. The summed E-state index contributed by atoms with van der Waals surface area (Å²) in [7, 11) is 0. The van der Waals surface area contributed by atoms with E-state index in [0.717, 1.165) is 0 Å². The molecule has 0 radical (unpaired) electrons. The maximum Gasteiger partial charge on any atom is 0.255 e. The number of hydrogen-bond acceptors (Lipinski definition) is 3. The highest BCUT2D eigenvalue weighted by Gasteiger charge is 2.41. The zero-order chi connectivity index (χ0) is 14.2. The van der Waals surface area contributed by atoms with Crippen LogP contribution in [0.25, 0.3) is 0 Å². The van der Waals surface area contributed by atoms with Crippen LogP contribution < -0.4 is 11.5 Å². The summed E-state index contributed by atoms with van der Waals surface area (Å²) in [4.78, 5) is 25.5. The number of anilines is 1. The minimum Gasteiger partial charge on any atom is -0.399 e. The predicted molar refractivity (Wildman–Crippen MR) is 76.4 cm³/mol. The van der Waals surface area contributed by atoms with Gasteiger partial charge in [0.1, 0.15) is 0 Å². The molecule has 1 heterocycles. The van der Waals surface area contributed by atoms with Crippen molar-refractivity contribution in [3.05, 3.63) is 28.2 Å². The van der Waals surface area contributed by atoms with E-state index in [1.54, 1.807) is 30.0 Å². The third-order valence-corrected chi connectivity index (χ3v) is 4.27. The number of rotatable bonds is 2. The molecule has 5 nitrogen and oxygen atoms in total. The van der Waals surface area contributed by atoms with Gasteiger partial charge in [-0.3, -0.25) is 9.59 Å². The Labute approximate surface area is 120 Å². The molecule has 1 unspecified atom stereocenters.